The second-order valence-electron chi connectivity index (χ2n) is 4.45. The Morgan fingerprint density at radius 3 is 2.84 bits per heavy atom. The molecule has 0 amide bonds. The van der Waals surface area contributed by atoms with E-state index in [0.717, 1.165) is 36.0 Å². The van der Waals surface area contributed by atoms with Crippen LogP contribution >= 0.6 is 0 Å². The summed E-state index contributed by atoms with van der Waals surface area (Å²) in [4.78, 5) is 22.4. The number of esters is 1. The molecule has 4 nitrogen and oxygen atoms in total. The summed E-state index contributed by atoms with van der Waals surface area (Å²) < 4.78 is 4.91. The van der Waals surface area contributed by atoms with Crippen molar-refractivity contribution in [1.29, 1.82) is 0 Å². The van der Waals surface area contributed by atoms with E-state index in [1.807, 2.05) is 0 Å². The zero-order valence-electron chi connectivity index (χ0n) is 10.8. The van der Waals surface area contributed by atoms with E-state index in [1.165, 1.54) is 6.08 Å². The SMILES string of the molecule is CCOC(=O)/C=C1\CCCc2cc(C(=O)O)ccc21. The largest absolute Gasteiger partial charge is 0.478 e. The highest BCUT2D eigenvalue weighted by molar-refractivity contribution is 5.93. The third-order valence-corrected chi connectivity index (χ3v) is 3.17. The predicted molar refractivity (Wildman–Crippen MR) is 70.9 cm³/mol. The standard InChI is InChI=1S/C15H16O4/c1-2-19-14(16)9-11-5-3-4-10-8-12(15(17)18)6-7-13(10)11/h6-9H,2-5H2,1H3,(H,17,18)/b11-9+. The van der Waals surface area contributed by atoms with E-state index in [0.29, 0.717) is 6.61 Å². The monoisotopic (exact) mass is 260 g/mol. The number of allylic oxidation sites excluding steroid dienone is 1. The molecule has 1 aromatic carbocycles. The molecular weight excluding hydrogens is 244 g/mol. The Morgan fingerprint density at radius 2 is 2.16 bits per heavy atom. The maximum atomic E-state index is 11.5. The Hall–Kier alpha value is -2.10. The van der Waals surface area contributed by atoms with Gasteiger partial charge in [-0.25, -0.2) is 9.59 Å². The summed E-state index contributed by atoms with van der Waals surface area (Å²) in [6.45, 7) is 2.12. The maximum Gasteiger partial charge on any atom is 0.335 e. The van der Waals surface area contributed by atoms with Crippen molar-refractivity contribution in [3.63, 3.8) is 0 Å². The number of fused-ring (bicyclic) bond motifs is 1. The lowest BCUT2D eigenvalue weighted by atomic mass is 9.86. The van der Waals surface area contributed by atoms with E-state index in [9.17, 15) is 9.59 Å². The van der Waals surface area contributed by atoms with Gasteiger partial charge in [-0.3, -0.25) is 0 Å². The number of aromatic carboxylic acids is 1. The molecule has 0 saturated heterocycles. The third-order valence-electron chi connectivity index (χ3n) is 3.17. The average molecular weight is 260 g/mol. The number of aryl methyl sites for hydroxylation is 1. The van der Waals surface area contributed by atoms with E-state index < -0.39 is 5.97 Å². The highest BCUT2D eigenvalue weighted by atomic mass is 16.5. The molecule has 19 heavy (non-hydrogen) atoms. The molecule has 0 bridgehead atoms. The first-order valence-electron chi connectivity index (χ1n) is 6.35. The molecule has 1 aliphatic carbocycles. The lowest BCUT2D eigenvalue weighted by Gasteiger charge is -2.19. The van der Waals surface area contributed by atoms with Gasteiger partial charge in [0.15, 0.2) is 0 Å². The highest BCUT2D eigenvalue weighted by Crippen LogP contribution is 2.31. The Labute approximate surface area is 111 Å². The minimum atomic E-state index is -0.927. The van der Waals surface area contributed by atoms with Gasteiger partial charge in [0, 0.05) is 6.08 Å². The summed E-state index contributed by atoms with van der Waals surface area (Å²) in [5, 5.41) is 8.98. The van der Waals surface area contributed by atoms with Crippen LogP contribution in [0.3, 0.4) is 0 Å². The van der Waals surface area contributed by atoms with Crippen molar-refractivity contribution in [2.45, 2.75) is 26.2 Å². The Kier molecular flexibility index (Phi) is 4.00. The first kappa shape index (κ1) is 13.3. The van der Waals surface area contributed by atoms with Crippen molar-refractivity contribution in [2.24, 2.45) is 0 Å². The molecule has 0 spiro atoms. The molecule has 0 atom stereocenters. The topological polar surface area (TPSA) is 63.6 Å². The lowest BCUT2D eigenvalue weighted by Crippen LogP contribution is -2.07. The molecule has 0 aliphatic heterocycles. The smallest absolute Gasteiger partial charge is 0.335 e. The van der Waals surface area contributed by atoms with Crippen molar-refractivity contribution >= 4 is 17.5 Å². The molecular formula is C15H16O4. The normalized spacial score (nSPS) is 15.9. The van der Waals surface area contributed by atoms with Crippen LogP contribution in [0.1, 0.15) is 41.3 Å². The Bertz CT molecular complexity index is 543. The van der Waals surface area contributed by atoms with Gasteiger partial charge in [0.2, 0.25) is 0 Å². The molecule has 2 rings (SSSR count). The van der Waals surface area contributed by atoms with Crippen LogP contribution in [0.2, 0.25) is 0 Å². The average Bonchev–Trinajstić information content (AvgIpc) is 2.38. The van der Waals surface area contributed by atoms with Crippen molar-refractivity contribution in [2.75, 3.05) is 6.61 Å². The van der Waals surface area contributed by atoms with E-state index in [2.05, 4.69) is 0 Å². The number of carbonyl (C=O) groups is 2. The van der Waals surface area contributed by atoms with Crippen molar-refractivity contribution < 1.29 is 19.4 Å². The molecule has 1 aliphatic rings. The fraction of sp³-hybridized carbons (Fsp3) is 0.333. The first-order valence-corrected chi connectivity index (χ1v) is 6.35. The van der Waals surface area contributed by atoms with Gasteiger partial charge in [0.05, 0.1) is 12.2 Å². The first-order chi connectivity index (χ1) is 9.11. The van der Waals surface area contributed by atoms with Crippen LogP contribution in [-0.2, 0) is 16.0 Å². The van der Waals surface area contributed by atoms with Gasteiger partial charge in [-0.15, -0.1) is 0 Å². The fourth-order valence-electron chi connectivity index (χ4n) is 2.33. The van der Waals surface area contributed by atoms with Crippen molar-refractivity contribution in [3.05, 3.63) is 41.0 Å². The van der Waals surface area contributed by atoms with Crippen LogP contribution in [0, 0.1) is 0 Å². The minimum absolute atomic E-state index is 0.288. The van der Waals surface area contributed by atoms with Crippen LogP contribution in [0.25, 0.3) is 5.57 Å². The fourth-order valence-corrected chi connectivity index (χ4v) is 2.33. The van der Waals surface area contributed by atoms with Gasteiger partial charge in [-0.05, 0) is 55.0 Å². The molecule has 0 unspecified atom stereocenters. The zero-order chi connectivity index (χ0) is 13.8. The van der Waals surface area contributed by atoms with Crippen LogP contribution in [0.5, 0.6) is 0 Å². The van der Waals surface area contributed by atoms with Gasteiger partial charge in [0.25, 0.3) is 0 Å². The molecule has 0 heterocycles. The van der Waals surface area contributed by atoms with Gasteiger partial charge in [0.1, 0.15) is 0 Å². The second-order valence-corrected chi connectivity index (χ2v) is 4.45. The number of benzene rings is 1. The van der Waals surface area contributed by atoms with Gasteiger partial charge in [-0.1, -0.05) is 6.07 Å². The van der Waals surface area contributed by atoms with Crippen molar-refractivity contribution in [3.8, 4) is 0 Å². The van der Waals surface area contributed by atoms with E-state index in [4.69, 9.17) is 9.84 Å². The number of rotatable bonds is 3. The number of ether oxygens (including phenoxy) is 1. The zero-order valence-corrected chi connectivity index (χ0v) is 10.8. The molecule has 1 N–H and O–H groups in total. The minimum Gasteiger partial charge on any atom is -0.478 e. The van der Waals surface area contributed by atoms with Crippen LogP contribution < -0.4 is 0 Å². The molecule has 100 valence electrons. The Morgan fingerprint density at radius 1 is 1.37 bits per heavy atom. The van der Waals surface area contributed by atoms with Gasteiger partial charge < -0.3 is 9.84 Å². The molecule has 0 fully saturated rings. The number of carboxylic acids is 1. The van der Waals surface area contributed by atoms with Gasteiger partial charge >= 0.3 is 11.9 Å². The summed E-state index contributed by atoms with van der Waals surface area (Å²) in [6, 6.07) is 5.05. The second kappa shape index (κ2) is 5.69. The predicted octanol–water partition coefficient (Wildman–Crippen LogP) is 2.67. The molecule has 1 aromatic rings. The molecule has 0 radical (unpaired) electrons. The van der Waals surface area contributed by atoms with E-state index in [-0.39, 0.29) is 11.5 Å². The molecule has 0 aromatic heterocycles. The van der Waals surface area contributed by atoms with Gasteiger partial charge in [-0.2, -0.15) is 0 Å². The van der Waals surface area contributed by atoms with Crippen LogP contribution in [-0.4, -0.2) is 23.7 Å². The van der Waals surface area contributed by atoms with E-state index in [1.54, 1.807) is 25.1 Å². The van der Waals surface area contributed by atoms with E-state index >= 15 is 0 Å². The maximum absolute atomic E-state index is 11.5. The van der Waals surface area contributed by atoms with Crippen LogP contribution in [0.15, 0.2) is 24.3 Å². The number of carboxylic acid groups (broad SMARTS) is 1. The Balaban J connectivity index is 2.34. The summed E-state index contributed by atoms with van der Waals surface area (Å²) in [5.74, 6) is -1.27. The molecule has 4 heteroatoms. The number of hydrogen-bond acceptors (Lipinski definition) is 3. The quantitative estimate of drug-likeness (QED) is 0.670. The number of hydrogen-bond donors (Lipinski definition) is 1. The summed E-state index contributed by atoms with van der Waals surface area (Å²) in [5.41, 5.74) is 3.17. The summed E-state index contributed by atoms with van der Waals surface area (Å²) in [7, 11) is 0. The highest BCUT2D eigenvalue weighted by Gasteiger charge is 2.17. The lowest BCUT2D eigenvalue weighted by molar-refractivity contribution is -0.137. The third kappa shape index (κ3) is 3.02. The summed E-state index contributed by atoms with van der Waals surface area (Å²) >= 11 is 0. The summed E-state index contributed by atoms with van der Waals surface area (Å²) in [6.07, 6.45) is 4.10. The number of carbonyl (C=O) groups excluding carboxylic acids is 1. The molecule has 0 saturated carbocycles. The van der Waals surface area contributed by atoms with Crippen LogP contribution in [0.4, 0.5) is 0 Å². The van der Waals surface area contributed by atoms with Crippen molar-refractivity contribution in [1.82, 2.24) is 0 Å².